The SMILES string of the molecule is [Be+2].[CH2-]CCC.[Cl-]. The van der Waals surface area contributed by atoms with E-state index in [0.29, 0.717) is 0 Å². The molecule has 0 amide bonds. The van der Waals surface area contributed by atoms with Gasteiger partial charge in [-0.05, 0) is 0 Å². The summed E-state index contributed by atoms with van der Waals surface area (Å²) in [5, 5.41) is 0. The van der Waals surface area contributed by atoms with Gasteiger partial charge >= 0.3 is 10.1 Å². The molecule has 0 bridgehead atoms. The molecule has 0 N–H and O–H groups in total. The van der Waals surface area contributed by atoms with Crippen molar-refractivity contribution in [2.24, 2.45) is 0 Å². The smallest absolute Gasteiger partial charge is 1.00 e. The average Bonchev–Trinajstić information content (AvgIpc) is 1.37. The Morgan fingerprint density at radius 1 is 1.50 bits per heavy atom. The van der Waals surface area contributed by atoms with Gasteiger partial charge in [0.25, 0.3) is 0 Å². The van der Waals surface area contributed by atoms with Gasteiger partial charge in [0.05, 0.1) is 0 Å². The first-order valence-electron chi connectivity index (χ1n) is 1.71. The minimum Gasteiger partial charge on any atom is -1.00 e. The van der Waals surface area contributed by atoms with Crippen LogP contribution in [0.1, 0.15) is 19.8 Å². The monoisotopic (exact) mass is 101 g/mol. The first-order valence-corrected chi connectivity index (χ1v) is 1.71. The van der Waals surface area contributed by atoms with E-state index in [0.717, 1.165) is 6.42 Å². The second-order valence-electron chi connectivity index (χ2n) is 0.854. The second-order valence-corrected chi connectivity index (χ2v) is 0.854. The number of hydrogen-bond acceptors (Lipinski definition) is 0. The Morgan fingerprint density at radius 2 is 1.67 bits per heavy atom. The molecule has 2 heteroatoms. The van der Waals surface area contributed by atoms with Gasteiger partial charge in [-0.1, -0.05) is 13.3 Å². The van der Waals surface area contributed by atoms with Crippen LogP contribution in [0.15, 0.2) is 0 Å². The van der Waals surface area contributed by atoms with E-state index in [9.17, 15) is 0 Å². The number of unbranched alkanes of at least 4 members (excludes halogenated alkanes) is 1. The molecule has 0 aromatic rings. The fourth-order valence-electron chi connectivity index (χ4n) is 0. The van der Waals surface area contributed by atoms with Gasteiger partial charge in [0.2, 0.25) is 0 Å². The summed E-state index contributed by atoms with van der Waals surface area (Å²) in [5.41, 5.74) is 0. The molecule has 0 aliphatic heterocycles. The van der Waals surface area contributed by atoms with Gasteiger partial charge in [0.1, 0.15) is 0 Å². The molecule has 0 rings (SSSR count). The van der Waals surface area contributed by atoms with Crippen molar-refractivity contribution in [2.45, 2.75) is 19.8 Å². The van der Waals surface area contributed by atoms with E-state index in [-0.39, 0.29) is 22.5 Å². The van der Waals surface area contributed by atoms with E-state index < -0.39 is 0 Å². The Morgan fingerprint density at radius 3 is 1.67 bits per heavy atom. The standard InChI is InChI=1S/C4H9.Be.ClH/c1-3-4-2;;/h1,3-4H2,2H3;;1H/q-1;+2;/p-1. The quantitative estimate of drug-likeness (QED) is 0.271. The molecular formula is C4H9BeCl. The molecule has 34 valence electrons. The first-order chi connectivity index (χ1) is 1.91. The second kappa shape index (κ2) is 18.0. The molecule has 0 fully saturated rings. The largest absolute Gasteiger partial charge is 2.00 e. The van der Waals surface area contributed by atoms with Gasteiger partial charge in [-0.3, -0.25) is 0 Å². The van der Waals surface area contributed by atoms with Crippen molar-refractivity contribution in [2.75, 3.05) is 0 Å². The molecule has 0 nitrogen and oxygen atoms in total. The molecule has 0 unspecified atom stereocenters. The Labute approximate surface area is 50.0 Å². The van der Waals surface area contributed by atoms with Gasteiger partial charge in [0.15, 0.2) is 0 Å². The van der Waals surface area contributed by atoms with Crippen LogP contribution in [0.5, 0.6) is 0 Å². The van der Waals surface area contributed by atoms with Crippen LogP contribution in [0.2, 0.25) is 0 Å². The van der Waals surface area contributed by atoms with Gasteiger partial charge in [0, 0.05) is 0 Å². The topological polar surface area (TPSA) is 0 Å². The number of halogens is 1. The molecule has 0 aliphatic carbocycles. The third-order valence-corrected chi connectivity index (χ3v) is 0.354. The predicted octanol–water partition coefficient (Wildman–Crippen LogP) is -1.76. The minimum atomic E-state index is 0. The van der Waals surface area contributed by atoms with Crippen molar-refractivity contribution in [3.63, 3.8) is 0 Å². The molecule has 0 aromatic heterocycles. The van der Waals surface area contributed by atoms with E-state index >= 15 is 0 Å². The van der Waals surface area contributed by atoms with Crippen LogP contribution >= 0.6 is 0 Å². The molecule has 0 atom stereocenters. The minimum absolute atomic E-state index is 0. The summed E-state index contributed by atoms with van der Waals surface area (Å²) in [7, 11) is 0. The van der Waals surface area contributed by atoms with Crippen LogP contribution in [0, 0.1) is 6.92 Å². The van der Waals surface area contributed by atoms with E-state index in [1.165, 1.54) is 6.42 Å². The fourth-order valence-corrected chi connectivity index (χ4v) is 0. The maximum absolute atomic E-state index is 3.60. The van der Waals surface area contributed by atoms with Crippen LogP contribution in [0.4, 0.5) is 0 Å². The van der Waals surface area contributed by atoms with Crippen molar-refractivity contribution < 1.29 is 12.4 Å². The van der Waals surface area contributed by atoms with Gasteiger partial charge < -0.3 is 19.3 Å². The Bertz CT molecular complexity index is 9.51. The summed E-state index contributed by atoms with van der Waals surface area (Å²) in [6, 6.07) is 0. The van der Waals surface area contributed by atoms with Gasteiger partial charge in [-0.25, -0.2) is 0 Å². The van der Waals surface area contributed by atoms with E-state index in [4.69, 9.17) is 0 Å². The van der Waals surface area contributed by atoms with Gasteiger partial charge in [-0.2, -0.15) is 6.42 Å². The molecule has 0 radical (unpaired) electrons. The molecular weight excluding hydrogens is 92.5 g/mol. The van der Waals surface area contributed by atoms with Crippen LogP contribution in [0.25, 0.3) is 0 Å². The zero-order valence-electron chi connectivity index (χ0n) is 4.21. The van der Waals surface area contributed by atoms with Crippen LogP contribution in [-0.4, -0.2) is 10.1 Å². The maximum atomic E-state index is 3.60. The zero-order valence-corrected chi connectivity index (χ0v) is 4.96. The number of hydrogen-bond donors (Lipinski definition) is 0. The van der Waals surface area contributed by atoms with Crippen LogP contribution in [0.3, 0.4) is 0 Å². The summed E-state index contributed by atoms with van der Waals surface area (Å²) in [6.45, 7) is 5.72. The normalized spacial score (nSPS) is 5.00. The Hall–Kier alpha value is 0.459. The van der Waals surface area contributed by atoms with Crippen molar-refractivity contribution in [1.82, 2.24) is 0 Å². The van der Waals surface area contributed by atoms with Crippen LogP contribution in [-0.2, 0) is 0 Å². The summed E-state index contributed by atoms with van der Waals surface area (Å²) < 4.78 is 0. The maximum Gasteiger partial charge on any atom is 2.00 e. The molecule has 0 aromatic carbocycles. The van der Waals surface area contributed by atoms with Crippen molar-refractivity contribution in [3.8, 4) is 0 Å². The molecule has 0 saturated carbocycles. The molecule has 0 spiro atoms. The van der Waals surface area contributed by atoms with Crippen molar-refractivity contribution in [1.29, 1.82) is 0 Å². The average molecular weight is 102 g/mol. The Kier molecular flexibility index (Phi) is 48.1. The Balaban J connectivity index is -0.0000000450. The predicted molar refractivity (Wildman–Crippen MR) is 26.0 cm³/mol. The molecule has 0 saturated heterocycles. The summed E-state index contributed by atoms with van der Waals surface area (Å²) in [6.07, 6.45) is 2.28. The zero-order chi connectivity index (χ0) is 3.41. The number of rotatable bonds is 1. The third-order valence-electron chi connectivity index (χ3n) is 0.354. The molecule has 6 heavy (non-hydrogen) atoms. The summed E-state index contributed by atoms with van der Waals surface area (Å²) in [5.74, 6) is 0. The van der Waals surface area contributed by atoms with Crippen LogP contribution < -0.4 is 12.4 Å². The third kappa shape index (κ3) is 25.1. The first kappa shape index (κ1) is 16.1. The molecule has 0 heterocycles. The summed E-state index contributed by atoms with van der Waals surface area (Å²) >= 11 is 0. The van der Waals surface area contributed by atoms with Gasteiger partial charge in [-0.15, -0.1) is 0 Å². The van der Waals surface area contributed by atoms with E-state index in [1.807, 2.05) is 0 Å². The summed E-state index contributed by atoms with van der Waals surface area (Å²) in [4.78, 5) is 0. The van der Waals surface area contributed by atoms with Crippen molar-refractivity contribution >= 4 is 10.1 Å². The fraction of sp³-hybridized carbons (Fsp3) is 0.750. The molecule has 0 aliphatic rings. The van der Waals surface area contributed by atoms with E-state index in [1.54, 1.807) is 0 Å². The van der Waals surface area contributed by atoms with Crippen molar-refractivity contribution in [3.05, 3.63) is 6.92 Å². The van der Waals surface area contributed by atoms with E-state index in [2.05, 4.69) is 13.8 Å².